The number of likely N-dealkylation sites (tertiary alicyclic amines) is 1. The van der Waals surface area contributed by atoms with Crippen molar-refractivity contribution in [2.75, 3.05) is 50.1 Å². The van der Waals surface area contributed by atoms with E-state index in [1.807, 2.05) is 18.2 Å². The Labute approximate surface area is 241 Å². The van der Waals surface area contributed by atoms with Crippen molar-refractivity contribution in [2.24, 2.45) is 0 Å². The van der Waals surface area contributed by atoms with Crippen molar-refractivity contribution in [3.8, 4) is 17.2 Å². The molecule has 0 aliphatic carbocycles. The highest BCUT2D eigenvalue weighted by Gasteiger charge is 2.17. The summed E-state index contributed by atoms with van der Waals surface area (Å²) in [4.78, 5) is 28.7. The molecule has 212 valence electrons. The minimum absolute atomic E-state index is 0.0329. The van der Waals surface area contributed by atoms with Crippen molar-refractivity contribution in [3.63, 3.8) is 0 Å². The summed E-state index contributed by atoms with van der Waals surface area (Å²) in [6, 6.07) is 16.5. The van der Waals surface area contributed by atoms with Gasteiger partial charge in [-0.05, 0) is 98.4 Å². The zero-order valence-corrected chi connectivity index (χ0v) is 23.2. The molecule has 0 bridgehead atoms. The zero-order chi connectivity index (χ0) is 28.2. The van der Waals surface area contributed by atoms with Crippen molar-refractivity contribution in [1.29, 1.82) is 0 Å². The van der Waals surface area contributed by atoms with Crippen molar-refractivity contribution in [3.05, 3.63) is 76.9 Å². The Bertz CT molecular complexity index is 1580. The summed E-state index contributed by atoms with van der Waals surface area (Å²) in [5.41, 5.74) is 0.670. The molecule has 3 heterocycles. The smallest absolute Gasteiger partial charge is 0.265 e. The highest BCUT2D eigenvalue weighted by Crippen LogP contribution is 2.32. The van der Waals surface area contributed by atoms with E-state index in [0.717, 1.165) is 28.8 Å². The Morgan fingerprint density at radius 1 is 0.902 bits per heavy atom. The lowest BCUT2D eigenvalue weighted by molar-refractivity contribution is 0.102. The van der Waals surface area contributed by atoms with Crippen LogP contribution in [0.25, 0.3) is 10.1 Å². The molecule has 1 aromatic heterocycles. The van der Waals surface area contributed by atoms with Gasteiger partial charge in [0.05, 0.1) is 17.2 Å². The van der Waals surface area contributed by atoms with Crippen LogP contribution in [-0.4, -0.2) is 56.2 Å². The molecule has 10 heteroatoms. The highest BCUT2D eigenvalue weighted by molar-refractivity contribution is 7.20. The first-order valence-electron chi connectivity index (χ1n) is 13.7. The lowest BCUT2D eigenvalue weighted by Crippen LogP contribution is -2.21. The van der Waals surface area contributed by atoms with E-state index in [4.69, 9.17) is 14.2 Å². The van der Waals surface area contributed by atoms with Gasteiger partial charge in [0.25, 0.3) is 11.8 Å². The average Bonchev–Trinajstić information content (AvgIpc) is 3.67. The number of hydrogen-bond acceptors (Lipinski definition) is 7. The Hall–Kier alpha value is -4.15. The Balaban J connectivity index is 1.08. The molecule has 0 spiro atoms. The van der Waals surface area contributed by atoms with Gasteiger partial charge in [-0.3, -0.25) is 9.59 Å². The number of hydrogen-bond donors (Lipinski definition) is 2. The highest BCUT2D eigenvalue weighted by atomic mass is 32.1. The first-order valence-corrected chi connectivity index (χ1v) is 14.5. The fraction of sp³-hybridized carbons (Fsp3) is 0.290. The largest absolute Gasteiger partial charge is 0.494 e. The molecule has 1 fully saturated rings. The molecular formula is C31H30FN3O5S. The van der Waals surface area contributed by atoms with E-state index in [-0.39, 0.29) is 5.69 Å². The SMILES string of the molecule is O=C(Nc1ccc(F)c(NC(=O)c2cc3cc(OCCCN4CCCC4)ccc3s2)c1)c1ccc2c(c1)OCCO2. The second-order valence-electron chi connectivity index (χ2n) is 10.0. The van der Waals surface area contributed by atoms with E-state index in [1.54, 1.807) is 24.3 Å². The third kappa shape index (κ3) is 6.44. The maximum absolute atomic E-state index is 14.6. The summed E-state index contributed by atoms with van der Waals surface area (Å²) in [5, 5.41) is 6.27. The van der Waals surface area contributed by atoms with Crippen LogP contribution in [0.3, 0.4) is 0 Å². The summed E-state index contributed by atoms with van der Waals surface area (Å²) in [6.07, 6.45) is 3.53. The third-order valence-electron chi connectivity index (χ3n) is 7.07. The van der Waals surface area contributed by atoms with Crippen molar-refractivity contribution >= 4 is 44.6 Å². The molecule has 4 aromatic rings. The van der Waals surface area contributed by atoms with E-state index in [1.165, 1.54) is 55.5 Å². The van der Waals surface area contributed by atoms with E-state index in [0.29, 0.717) is 47.4 Å². The molecular weight excluding hydrogens is 545 g/mol. The quantitative estimate of drug-likeness (QED) is 0.232. The predicted molar refractivity (Wildman–Crippen MR) is 157 cm³/mol. The van der Waals surface area contributed by atoms with Crippen LogP contribution in [0.1, 0.15) is 39.3 Å². The monoisotopic (exact) mass is 575 g/mol. The van der Waals surface area contributed by atoms with Crippen LogP contribution < -0.4 is 24.8 Å². The number of halogens is 1. The lowest BCUT2D eigenvalue weighted by atomic mass is 10.1. The first kappa shape index (κ1) is 27.0. The molecule has 2 aliphatic heterocycles. The van der Waals surface area contributed by atoms with Gasteiger partial charge in [0.15, 0.2) is 11.5 Å². The first-order chi connectivity index (χ1) is 20.0. The summed E-state index contributed by atoms with van der Waals surface area (Å²) in [5.74, 6) is 0.392. The fourth-order valence-electron chi connectivity index (χ4n) is 4.98. The molecule has 0 atom stereocenters. The standard InChI is InChI=1S/C31H30FN3O5S/c32-24-7-5-22(33-30(36)20-4-8-26-27(17-20)40-15-14-39-26)19-25(24)34-31(37)29-18-21-16-23(6-9-28(21)41-29)38-13-3-12-35-10-1-2-11-35/h4-9,16-19H,1-3,10-15H2,(H,33,36)(H,34,37). The summed E-state index contributed by atoms with van der Waals surface area (Å²) in [7, 11) is 0. The van der Waals surface area contributed by atoms with Gasteiger partial charge in [0, 0.05) is 22.5 Å². The minimum atomic E-state index is -0.610. The van der Waals surface area contributed by atoms with Crippen molar-refractivity contribution in [1.82, 2.24) is 4.90 Å². The van der Waals surface area contributed by atoms with E-state index < -0.39 is 17.6 Å². The maximum atomic E-state index is 14.6. The number of nitrogens with one attached hydrogen (secondary N) is 2. The van der Waals surface area contributed by atoms with Gasteiger partial charge in [-0.1, -0.05) is 0 Å². The molecule has 0 saturated carbocycles. The summed E-state index contributed by atoms with van der Waals surface area (Å²) < 4.78 is 32.5. The Morgan fingerprint density at radius 2 is 1.73 bits per heavy atom. The summed E-state index contributed by atoms with van der Waals surface area (Å²) in [6.45, 7) is 4.90. The molecule has 1 saturated heterocycles. The van der Waals surface area contributed by atoms with E-state index in [2.05, 4.69) is 15.5 Å². The van der Waals surface area contributed by atoms with Crippen LogP contribution in [0.4, 0.5) is 15.8 Å². The molecule has 3 aromatic carbocycles. The van der Waals surface area contributed by atoms with Crippen LogP contribution in [0.2, 0.25) is 0 Å². The molecule has 8 nitrogen and oxygen atoms in total. The average molecular weight is 576 g/mol. The molecule has 6 rings (SSSR count). The van der Waals surface area contributed by atoms with Crippen LogP contribution in [-0.2, 0) is 0 Å². The van der Waals surface area contributed by atoms with Gasteiger partial charge in [0.1, 0.15) is 24.8 Å². The van der Waals surface area contributed by atoms with Gasteiger partial charge in [-0.2, -0.15) is 0 Å². The van der Waals surface area contributed by atoms with Crippen LogP contribution >= 0.6 is 11.3 Å². The van der Waals surface area contributed by atoms with E-state index in [9.17, 15) is 14.0 Å². The lowest BCUT2D eigenvalue weighted by Gasteiger charge is -2.18. The number of carbonyl (C=O) groups is 2. The number of thiophene rings is 1. The van der Waals surface area contributed by atoms with Gasteiger partial charge in [0.2, 0.25) is 0 Å². The molecule has 2 N–H and O–H groups in total. The summed E-state index contributed by atoms with van der Waals surface area (Å²) >= 11 is 1.32. The zero-order valence-electron chi connectivity index (χ0n) is 22.4. The van der Waals surface area contributed by atoms with Crippen molar-refractivity contribution < 1.29 is 28.2 Å². The predicted octanol–water partition coefficient (Wildman–Crippen LogP) is 6.18. The van der Waals surface area contributed by atoms with Crippen LogP contribution in [0.15, 0.2) is 60.7 Å². The molecule has 41 heavy (non-hydrogen) atoms. The van der Waals surface area contributed by atoms with Crippen LogP contribution in [0.5, 0.6) is 17.2 Å². The van der Waals surface area contributed by atoms with Gasteiger partial charge >= 0.3 is 0 Å². The number of carbonyl (C=O) groups excluding carboxylic acids is 2. The van der Waals surface area contributed by atoms with Crippen molar-refractivity contribution in [2.45, 2.75) is 19.3 Å². The number of rotatable bonds is 9. The maximum Gasteiger partial charge on any atom is 0.265 e. The molecule has 0 unspecified atom stereocenters. The third-order valence-corrected chi connectivity index (χ3v) is 8.19. The minimum Gasteiger partial charge on any atom is -0.494 e. The Kier molecular flexibility index (Phi) is 8.02. The van der Waals surface area contributed by atoms with Gasteiger partial charge in [-0.15, -0.1) is 11.3 Å². The number of ether oxygens (including phenoxy) is 3. The normalized spacial score (nSPS) is 14.7. The number of nitrogens with zero attached hydrogens (tertiary/aromatic N) is 1. The molecule has 2 amide bonds. The molecule has 0 radical (unpaired) electrons. The number of anilines is 2. The van der Waals surface area contributed by atoms with Crippen LogP contribution in [0, 0.1) is 5.82 Å². The van der Waals surface area contributed by atoms with E-state index >= 15 is 0 Å². The van der Waals surface area contributed by atoms with Gasteiger partial charge < -0.3 is 29.7 Å². The topological polar surface area (TPSA) is 89.1 Å². The number of fused-ring (bicyclic) bond motifs is 2. The number of benzene rings is 3. The van der Waals surface area contributed by atoms with Gasteiger partial charge in [-0.25, -0.2) is 4.39 Å². The Morgan fingerprint density at radius 3 is 2.59 bits per heavy atom. The fourth-order valence-corrected chi connectivity index (χ4v) is 5.92. The number of amides is 2. The second-order valence-corrected chi connectivity index (χ2v) is 11.1. The molecule has 2 aliphatic rings. The second kappa shape index (κ2) is 12.2.